The van der Waals surface area contributed by atoms with Crippen LogP contribution in [0.4, 0.5) is 5.69 Å². The fraction of sp³-hybridized carbons (Fsp3) is 0.111. The van der Waals surface area contributed by atoms with Crippen molar-refractivity contribution in [3.05, 3.63) is 34.8 Å². The largest absolute Gasteiger partial charge is 0.398 e. The van der Waals surface area contributed by atoms with Gasteiger partial charge in [-0.05, 0) is 18.2 Å². The van der Waals surface area contributed by atoms with Crippen LogP contribution in [-0.2, 0) is 0 Å². The van der Waals surface area contributed by atoms with Crippen molar-refractivity contribution in [2.24, 2.45) is 0 Å². The van der Waals surface area contributed by atoms with E-state index >= 15 is 0 Å². The molecule has 0 fully saturated rings. The average molecular weight is 234 g/mol. The molecule has 0 radical (unpaired) electrons. The van der Waals surface area contributed by atoms with Gasteiger partial charge >= 0.3 is 0 Å². The van der Waals surface area contributed by atoms with E-state index < -0.39 is 0 Å². The van der Waals surface area contributed by atoms with Gasteiger partial charge in [-0.1, -0.05) is 29.3 Å². The molecule has 0 aliphatic heterocycles. The predicted molar refractivity (Wildman–Crippen MR) is 61.6 cm³/mol. The highest BCUT2D eigenvalue weighted by Crippen LogP contribution is 2.27. The molecule has 1 rings (SSSR count). The molecule has 0 heterocycles. The van der Waals surface area contributed by atoms with Crippen molar-refractivity contribution in [1.82, 2.24) is 0 Å². The smallest absolute Gasteiger partial charge is 0.0453 e. The summed E-state index contributed by atoms with van der Waals surface area (Å²) >= 11 is 12.8. The van der Waals surface area contributed by atoms with Crippen LogP contribution >= 0.6 is 35.0 Å². The van der Waals surface area contributed by atoms with Gasteiger partial charge in [0.05, 0.1) is 0 Å². The molecule has 0 unspecified atom stereocenters. The number of anilines is 1. The van der Waals surface area contributed by atoms with Crippen LogP contribution in [0.2, 0.25) is 5.02 Å². The molecule has 1 nitrogen and oxygen atoms in total. The Balaban J connectivity index is 2.69. The van der Waals surface area contributed by atoms with Gasteiger partial charge in [0.1, 0.15) is 0 Å². The zero-order valence-electron chi connectivity index (χ0n) is 6.84. The number of hydrogen-bond donors (Lipinski definition) is 1. The van der Waals surface area contributed by atoms with Crippen molar-refractivity contribution in [3.8, 4) is 0 Å². The summed E-state index contributed by atoms with van der Waals surface area (Å²) in [6.07, 6.45) is 1.85. The van der Waals surface area contributed by atoms with Gasteiger partial charge in [0, 0.05) is 26.9 Å². The van der Waals surface area contributed by atoms with Crippen LogP contribution in [0.5, 0.6) is 0 Å². The topological polar surface area (TPSA) is 26.0 Å². The quantitative estimate of drug-likeness (QED) is 0.636. The molecule has 0 atom stereocenters. The standard InChI is InChI=1S/C9H9Cl2NS/c10-4-1-5-13-9-6-7(11)2-3-8(9)12/h1-4,6H,5,12H2/b4-1+. The number of nitrogen functional groups attached to an aromatic ring is 1. The van der Waals surface area contributed by atoms with Crippen LogP contribution in [-0.4, -0.2) is 5.75 Å². The number of benzene rings is 1. The minimum absolute atomic E-state index is 0.701. The summed E-state index contributed by atoms with van der Waals surface area (Å²) in [4.78, 5) is 0.988. The van der Waals surface area contributed by atoms with E-state index in [1.54, 1.807) is 23.9 Å². The maximum atomic E-state index is 5.82. The summed E-state index contributed by atoms with van der Waals surface area (Å²) in [5.41, 5.74) is 7.98. The third-order valence-electron chi connectivity index (χ3n) is 1.40. The molecule has 0 spiro atoms. The van der Waals surface area contributed by atoms with Gasteiger partial charge < -0.3 is 5.73 Å². The Morgan fingerprint density at radius 3 is 2.92 bits per heavy atom. The summed E-state index contributed by atoms with van der Waals surface area (Å²) in [5, 5.41) is 0.701. The molecule has 2 N–H and O–H groups in total. The number of nitrogens with two attached hydrogens (primary N) is 1. The molecular formula is C9H9Cl2NS. The molecule has 13 heavy (non-hydrogen) atoms. The van der Waals surface area contributed by atoms with Gasteiger partial charge in [-0.15, -0.1) is 11.8 Å². The van der Waals surface area contributed by atoms with E-state index in [9.17, 15) is 0 Å². The first-order valence-electron chi connectivity index (χ1n) is 3.67. The molecule has 0 aliphatic rings. The van der Waals surface area contributed by atoms with Crippen LogP contribution in [0.15, 0.2) is 34.7 Å². The summed E-state index contributed by atoms with van der Waals surface area (Å²) < 4.78 is 0. The maximum absolute atomic E-state index is 5.82. The highest BCUT2D eigenvalue weighted by molar-refractivity contribution is 7.99. The minimum atomic E-state index is 0.701. The molecule has 0 saturated heterocycles. The lowest BCUT2D eigenvalue weighted by Crippen LogP contribution is -1.87. The summed E-state index contributed by atoms with van der Waals surface area (Å²) in [6.45, 7) is 0. The van der Waals surface area contributed by atoms with Crippen molar-refractivity contribution < 1.29 is 0 Å². The SMILES string of the molecule is Nc1ccc(Cl)cc1SC/C=C/Cl. The summed E-state index contributed by atoms with van der Waals surface area (Å²) in [6, 6.07) is 5.43. The van der Waals surface area contributed by atoms with Crippen LogP contribution in [0.25, 0.3) is 0 Å². The average Bonchev–Trinajstić information content (AvgIpc) is 2.11. The van der Waals surface area contributed by atoms with Crippen LogP contribution in [0.3, 0.4) is 0 Å². The minimum Gasteiger partial charge on any atom is -0.398 e. The Hall–Kier alpha value is -0.310. The van der Waals surface area contributed by atoms with Gasteiger partial charge in [-0.2, -0.15) is 0 Å². The third-order valence-corrected chi connectivity index (χ3v) is 2.84. The van der Waals surface area contributed by atoms with E-state index in [0.29, 0.717) is 5.02 Å². The van der Waals surface area contributed by atoms with E-state index in [4.69, 9.17) is 28.9 Å². The second kappa shape index (κ2) is 5.43. The highest BCUT2D eigenvalue weighted by atomic mass is 35.5. The molecule has 0 saturated carbocycles. The van der Waals surface area contributed by atoms with Crippen LogP contribution in [0, 0.1) is 0 Å². The Bertz CT molecular complexity index is 312. The molecule has 4 heteroatoms. The van der Waals surface area contributed by atoms with Crippen molar-refractivity contribution >= 4 is 40.7 Å². The zero-order valence-corrected chi connectivity index (χ0v) is 9.16. The van der Waals surface area contributed by atoms with Gasteiger partial charge in [0.25, 0.3) is 0 Å². The Morgan fingerprint density at radius 2 is 2.23 bits per heavy atom. The highest BCUT2D eigenvalue weighted by Gasteiger charge is 1.99. The number of hydrogen-bond acceptors (Lipinski definition) is 2. The van der Waals surface area contributed by atoms with Crippen molar-refractivity contribution in [2.75, 3.05) is 11.5 Å². The first kappa shape index (κ1) is 10.8. The Morgan fingerprint density at radius 1 is 1.46 bits per heavy atom. The fourth-order valence-corrected chi connectivity index (χ4v) is 2.06. The third kappa shape index (κ3) is 3.51. The molecular weight excluding hydrogens is 225 g/mol. The van der Waals surface area contributed by atoms with E-state index in [0.717, 1.165) is 16.3 Å². The van der Waals surface area contributed by atoms with Gasteiger partial charge in [0.2, 0.25) is 0 Å². The second-order valence-corrected chi connectivity index (χ2v) is 4.11. The van der Waals surface area contributed by atoms with Gasteiger partial charge in [-0.3, -0.25) is 0 Å². The monoisotopic (exact) mass is 233 g/mol. The molecule has 0 aromatic heterocycles. The molecule has 0 amide bonds. The van der Waals surface area contributed by atoms with E-state index in [-0.39, 0.29) is 0 Å². The first-order chi connectivity index (χ1) is 6.24. The Kier molecular flexibility index (Phi) is 4.50. The van der Waals surface area contributed by atoms with Gasteiger partial charge in [-0.25, -0.2) is 0 Å². The number of rotatable bonds is 3. The first-order valence-corrected chi connectivity index (χ1v) is 5.47. The lowest BCUT2D eigenvalue weighted by atomic mass is 10.3. The maximum Gasteiger partial charge on any atom is 0.0453 e. The second-order valence-electron chi connectivity index (χ2n) is 2.35. The van der Waals surface area contributed by atoms with E-state index in [1.807, 2.05) is 12.1 Å². The molecule has 70 valence electrons. The lowest BCUT2D eigenvalue weighted by molar-refractivity contribution is 1.46. The van der Waals surface area contributed by atoms with Crippen LogP contribution < -0.4 is 5.73 Å². The summed E-state index contributed by atoms with van der Waals surface area (Å²) in [7, 11) is 0. The lowest BCUT2D eigenvalue weighted by Gasteiger charge is -2.03. The van der Waals surface area contributed by atoms with E-state index in [2.05, 4.69) is 0 Å². The molecule has 0 aliphatic carbocycles. The number of thioether (sulfide) groups is 1. The molecule has 1 aromatic carbocycles. The van der Waals surface area contributed by atoms with Crippen molar-refractivity contribution in [1.29, 1.82) is 0 Å². The molecule has 0 bridgehead atoms. The molecule has 1 aromatic rings. The Labute approximate surface area is 91.9 Å². The van der Waals surface area contributed by atoms with Crippen LogP contribution in [0.1, 0.15) is 0 Å². The fourth-order valence-electron chi connectivity index (χ4n) is 0.807. The summed E-state index contributed by atoms with van der Waals surface area (Å²) in [5.74, 6) is 0.800. The van der Waals surface area contributed by atoms with Crippen molar-refractivity contribution in [2.45, 2.75) is 4.90 Å². The predicted octanol–water partition coefficient (Wildman–Crippen LogP) is 3.77. The van der Waals surface area contributed by atoms with Gasteiger partial charge in [0.15, 0.2) is 0 Å². The van der Waals surface area contributed by atoms with Crippen molar-refractivity contribution in [3.63, 3.8) is 0 Å². The number of halogens is 2. The van der Waals surface area contributed by atoms with E-state index in [1.165, 1.54) is 5.54 Å². The normalized spacial score (nSPS) is 10.9. The zero-order chi connectivity index (χ0) is 9.68.